The van der Waals surface area contributed by atoms with E-state index in [2.05, 4.69) is 100 Å². The lowest BCUT2D eigenvalue weighted by atomic mass is 9.91. The second-order valence-electron chi connectivity index (χ2n) is 13.6. The van der Waals surface area contributed by atoms with Gasteiger partial charge in [-0.2, -0.15) is 0 Å². The van der Waals surface area contributed by atoms with Crippen LogP contribution < -0.4 is 0 Å². The van der Waals surface area contributed by atoms with Crippen molar-refractivity contribution in [3.05, 3.63) is 166 Å². The minimum absolute atomic E-state index is 0.209. The van der Waals surface area contributed by atoms with Gasteiger partial charge in [0.15, 0.2) is 0 Å². The molecule has 2 heteroatoms. The van der Waals surface area contributed by atoms with E-state index in [0.717, 1.165) is 35.1 Å². The summed E-state index contributed by atoms with van der Waals surface area (Å²) in [7, 11) is 0. The standard InChI is InChI=1S/C47H46F2/c1-32-28-42(40-16-12-36(13-17-40)38-20-24-44(48)25-21-38)29-33(2)46(32)10-8-6-5-7-9-11-47-34(3)30-43(31-35(47)4)41-18-14-37(15-19-41)39-22-26-45(49)27-23-39/h12-31H,5-11H2,1-4H3. The first kappa shape index (κ1) is 34.1. The third kappa shape index (κ3) is 8.43. The predicted octanol–water partition coefficient (Wildman–Crippen LogP) is 13.6. The van der Waals surface area contributed by atoms with Crippen LogP contribution in [0.1, 0.15) is 65.5 Å². The number of hydrogen-bond donors (Lipinski definition) is 0. The first-order valence-electron chi connectivity index (χ1n) is 17.7. The molecule has 0 saturated carbocycles. The SMILES string of the molecule is Cc1cc(-c2ccc(-c3ccc(F)cc3)cc2)cc(C)c1CCCCCCCc1c(C)cc(-c2ccc(-c3ccc(F)cc3)cc2)cc1C. The van der Waals surface area contributed by atoms with Crippen molar-refractivity contribution in [1.29, 1.82) is 0 Å². The Morgan fingerprint density at radius 1 is 0.306 bits per heavy atom. The Labute approximate surface area is 291 Å². The van der Waals surface area contributed by atoms with Gasteiger partial charge >= 0.3 is 0 Å². The van der Waals surface area contributed by atoms with Gasteiger partial charge < -0.3 is 0 Å². The van der Waals surface area contributed by atoms with Gasteiger partial charge in [0, 0.05) is 0 Å². The Balaban J connectivity index is 0.964. The third-order valence-corrected chi connectivity index (χ3v) is 10.0. The lowest BCUT2D eigenvalue weighted by Gasteiger charge is -2.14. The zero-order valence-electron chi connectivity index (χ0n) is 29.3. The van der Waals surface area contributed by atoms with E-state index in [-0.39, 0.29) is 11.6 Å². The summed E-state index contributed by atoms with van der Waals surface area (Å²) in [4.78, 5) is 0. The lowest BCUT2D eigenvalue weighted by Crippen LogP contribution is -1.97. The van der Waals surface area contributed by atoms with Gasteiger partial charge in [0.25, 0.3) is 0 Å². The molecular weight excluding hydrogens is 603 g/mol. The highest BCUT2D eigenvalue weighted by Gasteiger charge is 2.10. The summed E-state index contributed by atoms with van der Waals surface area (Å²) in [5, 5.41) is 0. The van der Waals surface area contributed by atoms with Crippen LogP contribution in [0.15, 0.2) is 121 Å². The molecule has 0 fully saturated rings. The monoisotopic (exact) mass is 648 g/mol. The summed E-state index contributed by atoms with van der Waals surface area (Å²) in [6.45, 7) is 8.99. The van der Waals surface area contributed by atoms with Gasteiger partial charge in [0.2, 0.25) is 0 Å². The highest BCUT2D eigenvalue weighted by molar-refractivity contribution is 5.73. The highest BCUT2D eigenvalue weighted by atomic mass is 19.1. The molecular formula is C47H46F2. The largest absolute Gasteiger partial charge is 0.207 e. The molecule has 0 aliphatic rings. The fourth-order valence-electron chi connectivity index (χ4n) is 7.24. The number of hydrogen-bond acceptors (Lipinski definition) is 0. The molecule has 0 saturated heterocycles. The molecule has 248 valence electrons. The Hall–Kier alpha value is -4.82. The average molecular weight is 649 g/mol. The second-order valence-corrected chi connectivity index (χ2v) is 13.6. The van der Waals surface area contributed by atoms with Crippen LogP contribution >= 0.6 is 0 Å². The van der Waals surface area contributed by atoms with Gasteiger partial charge in [-0.1, -0.05) is 116 Å². The minimum Gasteiger partial charge on any atom is -0.207 e. The quantitative estimate of drug-likeness (QED) is 0.116. The van der Waals surface area contributed by atoms with E-state index in [1.807, 2.05) is 24.3 Å². The average Bonchev–Trinajstić information content (AvgIpc) is 3.10. The molecule has 0 nitrogen and oxygen atoms in total. The summed E-state index contributed by atoms with van der Waals surface area (Å²) in [5.74, 6) is -0.417. The van der Waals surface area contributed by atoms with Crippen LogP contribution in [0.5, 0.6) is 0 Å². The van der Waals surface area contributed by atoms with Gasteiger partial charge in [-0.05, 0) is 156 Å². The molecule has 0 amide bonds. The molecule has 0 spiro atoms. The van der Waals surface area contributed by atoms with E-state index in [0.29, 0.717) is 0 Å². The van der Waals surface area contributed by atoms with Gasteiger partial charge in [-0.15, -0.1) is 0 Å². The maximum absolute atomic E-state index is 13.3. The van der Waals surface area contributed by atoms with Crippen molar-refractivity contribution in [3.8, 4) is 44.5 Å². The number of benzene rings is 6. The van der Waals surface area contributed by atoms with Gasteiger partial charge in [-0.25, -0.2) is 8.78 Å². The van der Waals surface area contributed by atoms with Crippen LogP contribution in [0.4, 0.5) is 8.78 Å². The molecule has 6 rings (SSSR count). The molecule has 0 heterocycles. The van der Waals surface area contributed by atoms with E-state index < -0.39 is 0 Å². The molecule has 0 aromatic heterocycles. The molecule has 0 unspecified atom stereocenters. The molecule has 0 atom stereocenters. The van der Waals surface area contributed by atoms with Crippen molar-refractivity contribution in [2.24, 2.45) is 0 Å². The van der Waals surface area contributed by atoms with Crippen molar-refractivity contribution < 1.29 is 8.78 Å². The van der Waals surface area contributed by atoms with E-state index in [1.165, 1.54) is 112 Å². The minimum atomic E-state index is -0.209. The molecule has 0 aliphatic carbocycles. The molecule has 0 bridgehead atoms. The predicted molar refractivity (Wildman–Crippen MR) is 204 cm³/mol. The van der Waals surface area contributed by atoms with Gasteiger partial charge in [-0.3, -0.25) is 0 Å². The van der Waals surface area contributed by atoms with Gasteiger partial charge in [0.05, 0.1) is 0 Å². The number of aryl methyl sites for hydroxylation is 4. The van der Waals surface area contributed by atoms with E-state index >= 15 is 0 Å². The summed E-state index contributed by atoms with van der Waals surface area (Å²) in [6.07, 6.45) is 8.50. The van der Waals surface area contributed by atoms with Crippen LogP contribution in [0.2, 0.25) is 0 Å². The highest BCUT2D eigenvalue weighted by Crippen LogP contribution is 2.31. The molecule has 0 aliphatic heterocycles. The van der Waals surface area contributed by atoms with Crippen molar-refractivity contribution in [2.45, 2.75) is 72.6 Å². The first-order valence-corrected chi connectivity index (χ1v) is 17.7. The first-order chi connectivity index (χ1) is 23.7. The zero-order valence-corrected chi connectivity index (χ0v) is 29.3. The zero-order chi connectivity index (χ0) is 34.3. The van der Waals surface area contributed by atoms with E-state index in [9.17, 15) is 8.78 Å². The van der Waals surface area contributed by atoms with E-state index in [1.54, 1.807) is 0 Å². The smallest absolute Gasteiger partial charge is 0.123 e. The van der Waals surface area contributed by atoms with Crippen molar-refractivity contribution in [2.75, 3.05) is 0 Å². The number of rotatable bonds is 12. The molecule has 6 aromatic carbocycles. The van der Waals surface area contributed by atoms with Crippen molar-refractivity contribution in [3.63, 3.8) is 0 Å². The normalized spacial score (nSPS) is 11.2. The maximum atomic E-state index is 13.3. The summed E-state index contributed by atoms with van der Waals surface area (Å²) >= 11 is 0. The van der Waals surface area contributed by atoms with Gasteiger partial charge in [0.1, 0.15) is 11.6 Å². The lowest BCUT2D eigenvalue weighted by molar-refractivity contribution is 0.611. The number of unbranched alkanes of at least 4 members (excludes halogenated alkanes) is 4. The summed E-state index contributed by atoms with van der Waals surface area (Å²) < 4.78 is 26.6. The van der Waals surface area contributed by atoms with Crippen LogP contribution in [-0.4, -0.2) is 0 Å². The van der Waals surface area contributed by atoms with Crippen LogP contribution in [-0.2, 0) is 12.8 Å². The fourth-order valence-corrected chi connectivity index (χ4v) is 7.24. The molecule has 0 N–H and O–H groups in total. The molecule has 6 aromatic rings. The van der Waals surface area contributed by atoms with Crippen molar-refractivity contribution >= 4 is 0 Å². The summed E-state index contributed by atoms with van der Waals surface area (Å²) in [5.41, 5.74) is 17.6. The second kappa shape index (κ2) is 15.6. The van der Waals surface area contributed by atoms with Crippen LogP contribution in [0.25, 0.3) is 44.5 Å². The Morgan fingerprint density at radius 3 is 0.816 bits per heavy atom. The maximum Gasteiger partial charge on any atom is 0.123 e. The topological polar surface area (TPSA) is 0 Å². The van der Waals surface area contributed by atoms with Crippen LogP contribution in [0.3, 0.4) is 0 Å². The van der Waals surface area contributed by atoms with E-state index in [4.69, 9.17) is 0 Å². The molecule has 0 radical (unpaired) electrons. The van der Waals surface area contributed by atoms with Crippen molar-refractivity contribution in [1.82, 2.24) is 0 Å². The fraction of sp³-hybridized carbons (Fsp3) is 0.234. The number of halogens is 2. The molecule has 49 heavy (non-hydrogen) atoms. The summed E-state index contributed by atoms with van der Waals surface area (Å²) in [6, 6.07) is 39.8. The third-order valence-electron chi connectivity index (χ3n) is 10.0. The van der Waals surface area contributed by atoms with Crippen LogP contribution in [0, 0.1) is 39.3 Å². The Bertz CT molecular complexity index is 1800. The Kier molecular flexibility index (Phi) is 10.8. The Morgan fingerprint density at radius 2 is 0.531 bits per heavy atom.